The van der Waals surface area contributed by atoms with Crippen LogP contribution in [0, 0.1) is 18.8 Å². The molecule has 102 valence electrons. The molecule has 0 saturated carbocycles. The Bertz CT molecular complexity index is 656. The highest BCUT2D eigenvalue weighted by molar-refractivity contribution is 6.31. The van der Waals surface area contributed by atoms with Crippen molar-refractivity contribution in [2.45, 2.75) is 13.5 Å². The maximum atomic E-state index is 6.19. The van der Waals surface area contributed by atoms with Crippen LogP contribution in [0.5, 0.6) is 5.75 Å². The van der Waals surface area contributed by atoms with Gasteiger partial charge < -0.3 is 10.5 Å². The van der Waals surface area contributed by atoms with Gasteiger partial charge >= 0.3 is 0 Å². The Morgan fingerprint density at radius 3 is 2.75 bits per heavy atom. The zero-order chi connectivity index (χ0) is 14.4. The Morgan fingerprint density at radius 1 is 1.20 bits per heavy atom. The van der Waals surface area contributed by atoms with Gasteiger partial charge in [0.15, 0.2) is 0 Å². The molecule has 2 aromatic rings. The summed E-state index contributed by atoms with van der Waals surface area (Å²) in [6.45, 7) is 2.76. The lowest BCUT2D eigenvalue weighted by Gasteiger charge is -2.10. The van der Waals surface area contributed by atoms with Gasteiger partial charge in [-0.3, -0.25) is 0 Å². The van der Waals surface area contributed by atoms with Crippen molar-refractivity contribution in [1.29, 1.82) is 0 Å². The quantitative estimate of drug-likeness (QED) is 0.876. The zero-order valence-corrected chi connectivity index (χ0v) is 12.1. The highest BCUT2D eigenvalue weighted by Gasteiger charge is 2.04. The van der Waals surface area contributed by atoms with Crippen molar-refractivity contribution in [3.8, 4) is 17.6 Å². The minimum absolute atomic E-state index is 0.331. The first-order valence-electron chi connectivity index (χ1n) is 6.36. The van der Waals surface area contributed by atoms with Crippen LogP contribution in [0.4, 0.5) is 0 Å². The molecule has 0 fully saturated rings. The number of hydrogen-bond acceptors (Lipinski definition) is 2. The van der Waals surface area contributed by atoms with Crippen molar-refractivity contribution in [3.63, 3.8) is 0 Å². The van der Waals surface area contributed by atoms with Gasteiger partial charge in [-0.1, -0.05) is 47.7 Å². The van der Waals surface area contributed by atoms with E-state index in [1.165, 1.54) is 0 Å². The fourth-order valence-corrected chi connectivity index (χ4v) is 2.06. The van der Waals surface area contributed by atoms with Gasteiger partial charge in [-0.05, 0) is 30.7 Å². The second kappa shape index (κ2) is 7.00. The Labute approximate surface area is 124 Å². The molecular weight excluding hydrogens is 270 g/mol. The molecule has 0 saturated heterocycles. The Morgan fingerprint density at radius 2 is 2.00 bits per heavy atom. The maximum Gasteiger partial charge on any atom is 0.135 e. The van der Waals surface area contributed by atoms with Gasteiger partial charge in [0.2, 0.25) is 0 Å². The highest BCUT2D eigenvalue weighted by atomic mass is 35.5. The molecule has 0 aliphatic rings. The van der Waals surface area contributed by atoms with Crippen molar-refractivity contribution >= 4 is 11.6 Å². The maximum absolute atomic E-state index is 6.19. The Kier molecular flexibility index (Phi) is 5.06. The van der Waals surface area contributed by atoms with Crippen LogP contribution in [-0.4, -0.2) is 6.54 Å². The van der Waals surface area contributed by atoms with E-state index in [0.29, 0.717) is 13.2 Å². The lowest BCUT2D eigenvalue weighted by molar-refractivity contribution is 0.305. The fraction of sp³-hybridized carbons (Fsp3) is 0.176. The summed E-state index contributed by atoms with van der Waals surface area (Å²) in [5.41, 5.74) is 8.32. The van der Waals surface area contributed by atoms with Gasteiger partial charge in [0.1, 0.15) is 12.4 Å². The summed E-state index contributed by atoms with van der Waals surface area (Å²) in [6, 6.07) is 13.6. The van der Waals surface area contributed by atoms with Crippen LogP contribution in [0.3, 0.4) is 0 Å². The molecule has 2 rings (SSSR count). The van der Waals surface area contributed by atoms with Gasteiger partial charge in [0.05, 0.1) is 12.1 Å². The van der Waals surface area contributed by atoms with Gasteiger partial charge in [-0.2, -0.15) is 0 Å². The molecule has 0 atom stereocenters. The minimum Gasteiger partial charge on any atom is -0.488 e. The summed E-state index contributed by atoms with van der Waals surface area (Å²) in [5, 5.41) is 0.718. The standard InChI is InChI=1S/C17H16ClNO/c1-13-8-9-15(16(18)11-13)12-20-17-7-3-2-5-14(17)6-4-10-19/h2-3,5,7-9,11H,10,12,19H2,1H3. The summed E-state index contributed by atoms with van der Waals surface area (Å²) >= 11 is 6.19. The van der Waals surface area contributed by atoms with Crippen LogP contribution < -0.4 is 10.5 Å². The monoisotopic (exact) mass is 285 g/mol. The number of nitrogens with two attached hydrogens (primary N) is 1. The Balaban J connectivity index is 2.14. The highest BCUT2D eigenvalue weighted by Crippen LogP contribution is 2.22. The second-order valence-electron chi connectivity index (χ2n) is 4.39. The SMILES string of the molecule is Cc1ccc(COc2ccccc2C#CCN)c(Cl)c1. The molecule has 2 N–H and O–H groups in total. The molecule has 0 heterocycles. The van der Waals surface area contributed by atoms with Gasteiger partial charge in [0.25, 0.3) is 0 Å². The second-order valence-corrected chi connectivity index (χ2v) is 4.79. The zero-order valence-electron chi connectivity index (χ0n) is 11.3. The van der Waals surface area contributed by atoms with Gasteiger partial charge in [-0.25, -0.2) is 0 Å². The van der Waals surface area contributed by atoms with Crippen LogP contribution in [-0.2, 0) is 6.61 Å². The largest absolute Gasteiger partial charge is 0.488 e. The summed E-state index contributed by atoms with van der Waals surface area (Å²) in [5.74, 6) is 6.57. The molecule has 0 aliphatic heterocycles. The molecule has 2 aromatic carbocycles. The van der Waals surface area contributed by atoms with Crippen molar-refractivity contribution in [2.24, 2.45) is 5.73 Å². The van der Waals surface area contributed by atoms with E-state index in [-0.39, 0.29) is 0 Å². The van der Waals surface area contributed by atoms with E-state index < -0.39 is 0 Å². The Hall–Kier alpha value is -1.95. The van der Waals surface area contributed by atoms with Gasteiger partial charge in [0, 0.05) is 10.6 Å². The molecule has 20 heavy (non-hydrogen) atoms. The van der Waals surface area contributed by atoms with Crippen LogP contribution >= 0.6 is 11.6 Å². The average molecular weight is 286 g/mol. The first kappa shape index (κ1) is 14.5. The number of halogens is 1. The topological polar surface area (TPSA) is 35.2 Å². The molecule has 0 aliphatic carbocycles. The summed E-state index contributed by atoms with van der Waals surface area (Å²) in [6.07, 6.45) is 0. The van der Waals surface area contributed by atoms with Crippen LogP contribution in [0.2, 0.25) is 5.02 Å². The lowest BCUT2D eigenvalue weighted by Crippen LogP contribution is -1.99. The van der Waals surface area contributed by atoms with E-state index >= 15 is 0 Å². The summed E-state index contributed by atoms with van der Waals surface area (Å²) in [4.78, 5) is 0. The third-order valence-electron chi connectivity index (χ3n) is 2.80. The third kappa shape index (κ3) is 3.77. The molecule has 0 bridgehead atoms. The van der Waals surface area contributed by atoms with Crippen LogP contribution in [0.1, 0.15) is 16.7 Å². The minimum atomic E-state index is 0.331. The van der Waals surface area contributed by atoms with E-state index in [2.05, 4.69) is 11.8 Å². The summed E-state index contributed by atoms with van der Waals surface area (Å²) < 4.78 is 5.81. The molecule has 0 unspecified atom stereocenters. The lowest BCUT2D eigenvalue weighted by atomic mass is 10.1. The van der Waals surface area contributed by atoms with E-state index in [1.807, 2.05) is 49.4 Å². The number of ether oxygens (including phenoxy) is 1. The van der Waals surface area contributed by atoms with E-state index in [1.54, 1.807) is 0 Å². The molecule has 0 amide bonds. The number of para-hydroxylation sites is 1. The molecule has 0 spiro atoms. The van der Waals surface area contributed by atoms with Gasteiger partial charge in [-0.15, -0.1) is 0 Å². The van der Waals surface area contributed by atoms with E-state index in [9.17, 15) is 0 Å². The number of rotatable bonds is 3. The number of hydrogen-bond donors (Lipinski definition) is 1. The number of benzene rings is 2. The van der Waals surface area contributed by atoms with Crippen molar-refractivity contribution in [1.82, 2.24) is 0 Å². The first-order chi connectivity index (χ1) is 9.70. The van der Waals surface area contributed by atoms with Crippen molar-refractivity contribution in [2.75, 3.05) is 6.54 Å². The first-order valence-corrected chi connectivity index (χ1v) is 6.74. The van der Waals surface area contributed by atoms with E-state index in [0.717, 1.165) is 27.5 Å². The van der Waals surface area contributed by atoms with E-state index in [4.69, 9.17) is 22.1 Å². The van der Waals surface area contributed by atoms with Crippen LogP contribution in [0.15, 0.2) is 42.5 Å². The average Bonchev–Trinajstić information content (AvgIpc) is 2.45. The van der Waals surface area contributed by atoms with Crippen LogP contribution in [0.25, 0.3) is 0 Å². The normalized spacial score (nSPS) is 9.75. The van der Waals surface area contributed by atoms with Crippen molar-refractivity contribution < 1.29 is 4.74 Å². The predicted molar refractivity (Wildman–Crippen MR) is 82.9 cm³/mol. The molecular formula is C17H16ClNO. The molecule has 2 nitrogen and oxygen atoms in total. The fourth-order valence-electron chi connectivity index (χ4n) is 1.77. The predicted octanol–water partition coefficient (Wildman–Crippen LogP) is 3.54. The molecule has 0 aromatic heterocycles. The van der Waals surface area contributed by atoms with Crippen molar-refractivity contribution in [3.05, 3.63) is 64.2 Å². The summed E-state index contributed by atoms with van der Waals surface area (Å²) in [7, 11) is 0. The smallest absolute Gasteiger partial charge is 0.135 e. The third-order valence-corrected chi connectivity index (χ3v) is 3.16. The molecule has 0 radical (unpaired) electrons. The molecule has 3 heteroatoms. The number of aryl methyl sites for hydroxylation is 1.